The standard InChI is InChI=1S/C17H18N2O2/c1-12-7-13(2)9-15(8-12)19(3)11-14-10-17(21-18-14)16-5-4-6-20-16/h4-10H,11H2,1-3H3. The molecule has 0 unspecified atom stereocenters. The smallest absolute Gasteiger partial charge is 0.202 e. The lowest BCUT2D eigenvalue weighted by Gasteiger charge is -2.19. The van der Waals surface area contributed by atoms with Gasteiger partial charge in [-0.1, -0.05) is 11.2 Å². The van der Waals surface area contributed by atoms with Crippen molar-refractivity contribution in [1.82, 2.24) is 5.16 Å². The van der Waals surface area contributed by atoms with E-state index in [2.05, 4.69) is 49.2 Å². The molecule has 3 aromatic rings. The van der Waals surface area contributed by atoms with Gasteiger partial charge in [-0.3, -0.25) is 0 Å². The van der Waals surface area contributed by atoms with Crippen LogP contribution in [0.15, 0.2) is 51.6 Å². The van der Waals surface area contributed by atoms with Crippen LogP contribution in [0.4, 0.5) is 5.69 Å². The molecular weight excluding hydrogens is 264 g/mol. The van der Waals surface area contributed by atoms with E-state index in [9.17, 15) is 0 Å². The molecule has 108 valence electrons. The van der Waals surface area contributed by atoms with Crippen molar-refractivity contribution >= 4 is 5.69 Å². The van der Waals surface area contributed by atoms with Crippen LogP contribution < -0.4 is 4.90 Å². The van der Waals surface area contributed by atoms with Gasteiger partial charge in [-0.05, 0) is 49.2 Å². The summed E-state index contributed by atoms with van der Waals surface area (Å²) in [5.41, 5.74) is 4.57. The first kappa shape index (κ1) is 13.5. The van der Waals surface area contributed by atoms with Crippen LogP contribution in [0.5, 0.6) is 0 Å². The Balaban J connectivity index is 1.77. The molecule has 21 heavy (non-hydrogen) atoms. The van der Waals surface area contributed by atoms with Crippen molar-refractivity contribution in [1.29, 1.82) is 0 Å². The van der Waals surface area contributed by atoms with E-state index in [1.54, 1.807) is 6.26 Å². The fraction of sp³-hybridized carbons (Fsp3) is 0.235. The highest BCUT2D eigenvalue weighted by Crippen LogP contribution is 2.23. The molecule has 1 aromatic carbocycles. The SMILES string of the molecule is Cc1cc(C)cc(N(C)Cc2cc(-c3ccco3)on2)c1. The Labute approximate surface area is 124 Å². The number of hydrogen-bond acceptors (Lipinski definition) is 4. The van der Waals surface area contributed by atoms with Crippen molar-refractivity contribution in [3.05, 3.63) is 59.5 Å². The van der Waals surface area contributed by atoms with Crippen LogP contribution >= 0.6 is 0 Å². The molecule has 0 saturated heterocycles. The zero-order chi connectivity index (χ0) is 14.8. The predicted octanol–water partition coefficient (Wildman–Crippen LogP) is 4.19. The number of benzene rings is 1. The first-order chi connectivity index (χ1) is 10.1. The van der Waals surface area contributed by atoms with Crippen LogP contribution in [0.2, 0.25) is 0 Å². The van der Waals surface area contributed by atoms with E-state index < -0.39 is 0 Å². The van der Waals surface area contributed by atoms with Crippen LogP contribution in [0.3, 0.4) is 0 Å². The minimum atomic E-state index is 0.656. The Morgan fingerprint density at radius 1 is 1.05 bits per heavy atom. The number of furan rings is 1. The third-order valence-corrected chi connectivity index (χ3v) is 3.37. The molecule has 0 saturated carbocycles. The number of anilines is 1. The van der Waals surface area contributed by atoms with Gasteiger partial charge in [0.05, 0.1) is 12.8 Å². The van der Waals surface area contributed by atoms with Gasteiger partial charge < -0.3 is 13.8 Å². The van der Waals surface area contributed by atoms with Gasteiger partial charge in [0.25, 0.3) is 0 Å². The summed E-state index contributed by atoms with van der Waals surface area (Å²) in [5.74, 6) is 1.35. The zero-order valence-corrected chi connectivity index (χ0v) is 12.5. The number of nitrogens with zero attached hydrogens (tertiary/aromatic N) is 2. The second-order valence-corrected chi connectivity index (χ2v) is 5.36. The van der Waals surface area contributed by atoms with E-state index in [0.29, 0.717) is 18.1 Å². The highest BCUT2D eigenvalue weighted by atomic mass is 16.5. The van der Waals surface area contributed by atoms with Crippen molar-refractivity contribution in [3.8, 4) is 11.5 Å². The van der Waals surface area contributed by atoms with Gasteiger partial charge in [0.15, 0.2) is 5.76 Å². The molecule has 2 aromatic heterocycles. The molecule has 0 amide bonds. The fourth-order valence-corrected chi connectivity index (χ4v) is 2.43. The summed E-state index contributed by atoms with van der Waals surface area (Å²) in [6, 6.07) is 12.1. The van der Waals surface area contributed by atoms with E-state index in [1.807, 2.05) is 18.2 Å². The van der Waals surface area contributed by atoms with E-state index in [-0.39, 0.29) is 0 Å². The topological polar surface area (TPSA) is 42.4 Å². The molecule has 4 nitrogen and oxygen atoms in total. The Kier molecular flexibility index (Phi) is 3.52. The monoisotopic (exact) mass is 282 g/mol. The number of rotatable bonds is 4. The van der Waals surface area contributed by atoms with Crippen molar-refractivity contribution in [2.24, 2.45) is 0 Å². The van der Waals surface area contributed by atoms with Gasteiger partial charge in [-0.2, -0.15) is 0 Å². The van der Waals surface area contributed by atoms with Gasteiger partial charge in [-0.15, -0.1) is 0 Å². The highest BCUT2D eigenvalue weighted by Gasteiger charge is 2.11. The molecule has 0 aliphatic carbocycles. The Hall–Kier alpha value is -2.49. The van der Waals surface area contributed by atoms with Crippen molar-refractivity contribution in [3.63, 3.8) is 0 Å². The number of aryl methyl sites for hydroxylation is 2. The maximum atomic E-state index is 5.32. The number of aromatic nitrogens is 1. The summed E-state index contributed by atoms with van der Waals surface area (Å²) in [4.78, 5) is 2.16. The van der Waals surface area contributed by atoms with E-state index in [0.717, 1.165) is 5.69 Å². The molecular formula is C17H18N2O2. The molecule has 3 rings (SSSR count). The molecule has 0 spiro atoms. The average Bonchev–Trinajstić information content (AvgIpc) is 3.07. The van der Waals surface area contributed by atoms with E-state index in [4.69, 9.17) is 8.94 Å². The summed E-state index contributed by atoms with van der Waals surface area (Å²) in [6.45, 7) is 4.90. The Morgan fingerprint density at radius 3 is 2.48 bits per heavy atom. The van der Waals surface area contributed by atoms with Crippen LogP contribution in [-0.2, 0) is 6.54 Å². The van der Waals surface area contributed by atoms with Gasteiger partial charge in [0.1, 0.15) is 5.69 Å². The second-order valence-electron chi connectivity index (χ2n) is 5.36. The molecule has 0 atom stereocenters. The Morgan fingerprint density at radius 2 is 1.81 bits per heavy atom. The van der Waals surface area contributed by atoms with E-state index in [1.165, 1.54) is 16.8 Å². The highest BCUT2D eigenvalue weighted by molar-refractivity contribution is 5.52. The summed E-state index contributed by atoms with van der Waals surface area (Å²) >= 11 is 0. The predicted molar refractivity (Wildman–Crippen MR) is 82.2 cm³/mol. The van der Waals surface area contributed by atoms with Gasteiger partial charge >= 0.3 is 0 Å². The molecule has 0 fully saturated rings. The lowest BCUT2D eigenvalue weighted by molar-refractivity contribution is 0.410. The van der Waals surface area contributed by atoms with Crippen molar-refractivity contribution < 1.29 is 8.94 Å². The van der Waals surface area contributed by atoms with Crippen molar-refractivity contribution in [2.45, 2.75) is 20.4 Å². The van der Waals surface area contributed by atoms with Crippen molar-refractivity contribution in [2.75, 3.05) is 11.9 Å². The lowest BCUT2D eigenvalue weighted by Crippen LogP contribution is -2.16. The largest absolute Gasteiger partial charge is 0.461 e. The molecule has 0 aliphatic rings. The summed E-state index contributed by atoms with van der Waals surface area (Å²) in [6.07, 6.45) is 1.62. The normalized spacial score (nSPS) is 10.8. The quantitative estimate of drug-likeness (QED) is 0.719. The maximum absolute atomic E-state index is 5.32. The third kappa shape index (κ3) is 2.99. The minimum Gasteiger partial charge on any atom is -0.461 e. The van der Waals surface area contributed by atoms with Crippen LogP contribution in [-0.4, -0.2) is 12.2 Å². The van der Waals surface area contributed by atoms with Gasteiger partial charge in [0, 0.05) is 18.8 Å². The summed E-state index contributed by atoms with van der Waals surface area (Å²) in [7, 11) is 2.05. The van der Waals surface area contributed by atoms with Gasteiger partial charge in [0.2, 0.25) is 5.76 Å². The fourth-order valence-electron chi connectivity index (χ4n) is 2.43. The summed E-state index contributed by atoms with van der Waals surface area (Å²) in [5, 5.41) is 4.11. The second kappa shape index (κ2) is 5.48. The third-order valence-electron chi connectivity index (χ3n) is 3.37. The Bertz CT molecular complexity index is 709. The molecule has 4 heteroatoms. The van der Waals surface area contributed by atoms with Crippen LogP contribution in [0, 0.1) is 13.8 Å². The first-order valence-corrected chi connectivity index (χ1v) is 6.91. The van der Waals surface area contributed by atoms with Gasteiger partial charge in [-0.25, -0.2) is 0 Å². The maximum Gasteiger partial charge on any atom is 0.202 e. The summed E-state index contributed by atoms with van der Waals surface area (Å²) < 4.78 is 10.6. The molecule has 0 N–H and O–H groups in total. The molecule has 2 heterocycles. The average molecular weight is 282 g/mol. The molecule has 0 bridgehead atoms. The molecule has 0 radical (unpaired) electrons. The van der Waals surface area contributed by atoms with Crippen LogP contribution in [0.25, 0.3) is 11.5 Å². The van der Waals surface area contributed by atoms with E-state index >= 15 is 0 Å². The number of hydrogen-bond donors (Lipinski definition) is 0. The minimum absolute atomic E-state index is 0.656. The zero-order valence-electron chi connectivity index (χ0n) is 12.5. The van der Waals surface area contributed by atoms with Crippen LogP contribution in [0.1, 0.15) is 16.8 Å². The molecule has 0 aliphatic heterocycles. The lowest BCUT2D eigenvalue weighted by atomic mass is 10.1. The first-order valence-electron chi connectivity index (χ1n) is 6.91.